The molecule has 0 unspecified atom stereocenters. The minimum absolute atomic E-state index is 0.188. The van der Waals surface area contributed by atoms with E-state index in [-0.39, 0.29) is 5.56 Å². The van der Waals surface area contributed by atoms with Crippen molar-refractivity contribution in [2.24, 2.45) is 5.73 Å². The molecule has 0 fully saturated rings. The molecule has 0 saturated carbocycles. The molecule has 0 bridgehead atoms. The predicted octanol–water partition coefficient (Wildman–Crippen LogP) is 1.23. The Balaban J connectivity index is 2.92. The van der Waals surface area contributed by atoms with E-state index in [0.717, 1.165) is 5.56 Å². The topological polar surface area (TPSA) is 46.2 Å². The molecule has 2 nitrogen and oxygen atoms in total. The molecule has 3 N–H and O–H groups in total. The lowest BCUT2D eigenvalue weighted by atomic mass is 10.1. The van der Waals surface area contributed by atoms with Crippen molar-refractivity contribution in [1.29, 1.82) is 0 Å². The van der Waals surface area contributed by atoms with E-state index in [1.54, 1.807) is 0 Å². The average Bonchev–Trinajstić information content (AvgIpc) is 2.18. The van der Waals surface area contributed by atoms with Crippen molar-refractivity contribution in [3.63, 3.8) is 0 Å². The van der Waals surface area contributed by atoms with Crippen LogP contribution in [0.2, 0.25) is 0 Å². The molecule has 0 saturated heterocycles. The molecule has 72 valence electrons. The zero-order valence-corrected chi connectivity index (χ0v) is 7.00. The lowest BCUT2D eigenvalue weighted by Gasteiger charge is -2.13. The summed E-state index contributed by atoms with van der Waals surface area (Å²) in [7, 11) is 0. The first-order chi connectivity index (χ1) is 6.10. The summed E-state index contributed by atoms with van der Waals surface area (Å²) in [4.78, 5) is 0. The summed E-state index contributed by atoms with van der Waals surface area (Å²) in [6.45, 7) is -0.847. The number of rotatable bonds is 3. The van der Waals surface area contributed by atoms with Gasteiger partial charge in [-0.25, -0.2) is 0 Å². The highest BCUT2D eigenvalue weighted by molar-refractivity contribution is 5.25. The molecule has 0 radical (unpaired) electrons. The van der Waals surface area contributed by atoms with E-state index in [2.05, 4.69) is 0 Å². The number of hydrogen-bond donors (Lipinski definition) is 2. The molecule has 1 aromatic rings. The first-order valence-electron chi connectivity index (χ1n) is 3.88. The van der Waals surface area contributed by atoms with Gasteiger partial charge in [0.1, 0.15) is 6.61 Å². The molecule has 0 aliphatic rings. The summed E-state index contributed by atoms with van der Waals surface area (Å²) in [6.07, 6.45) is 0. The summed E-state index contributed by atoms with van der Waals surface area (Å²) in [5.41, 5.74) is 5.91. The molecule has 0 aliphatic carbocycles. The maximum Gasteiger partial charge on any atom is 0.295 e. The van der Waals surface area contributed by atoms with Crippen LogP contribution in [0.4, 0.5) is 8.78 Å². The number of hydrogen-bond acceptors (Lipinski definition) is 2. The molecular formula is C9H11F2NO. The van der Waals surface area contributed by atoms with E-state index in [1.807, 2.05) is 0 Å². The number of alkyl halides is 2. The number of halogens is 2. The number of nitrogens with two attached hydrogens (primary N) is 1. The molecule has 4 heteroatoms. The summed E-state index contributed by atoms with van der Waals surface area (Å²) in [6, 6.07) is 5.61. The van der Waals surface area contributed by atoms with Gasteiger partial charge in [0.2, 0.25) is 0 Å². The van der Waals surface area contributed by atoms with E-state index >= 15 is 0 Å². The average molecular weight is 187 g/mol. The Morgan fingerprint density at radius 3 is 2.15 bits per heavy atom. The van der Waals surface area contributed by atoms with Gasteiger partial charge >= 0.3 is 0 Å². The zero-order valence-electron chi connectivity index (χ0n) is 7.00. The summed E-state index contributed by atoms with van der Waals surface area (Å²) < 4.78 is 25.7. The van der Waals surface area contributed by atoms with Crippen LogP contribution >= 0.6 is 0 Å². The van der Waals surface area contributed by atoms with Gasteiger partial charge in [0.25, 0.3) is 5.92 Å². The lowest BCUT2D eigenvalue weighted by molar-refractivity contribution is -0.0556. The van der Waals surface area contributed by atoms with Gasteiger partial charge in [0, 0.05) is 12.1 Å². The number of benzene rings is 1. The largest absolute Gasteiger partial charge is 0.390 e. The fraction of sp³-hybridized carbons (Fsp3) is 0.333. The van der Waals surface area contributed by atoms with Gasteiger partial charge in [-0.05, 0) is 5.56 Å². The van der Waals surface area contributed by atoms with Crippen LogP contribution in [0, 0.1) is 0 Å². The van der Waals surface area contributed by atoms with Gasteiger partial charge in [-0.15, -0.1) is 0 Å². The third kappa shape index (κ3) is 2.23. The highest BCUT2D eigenvalue weighted by Gasteiger charge is 2.29. The Kier molecular flexibility index (Phi) is 2.95. The fourth-order valence-electron chi connectivity index (χ4n) is 0.976. The van der Waals surface area contributed by atoms with E-state index in [0.29, 0.717) is 6.54 Å². The Morgan fingerprint density at radius 2 is 1.77 bits per heavy atom. The van der Waals surface area contributed by atoms with Gasteiger partial charge in [0.15, 0.2) is 0 Å². The van der Waals surface area contributed by atoms with E-state index < -0.39 is 12.5 Å². The Labute approximate surface area is 75.0 Å². The van der Waals surface area contributed by atoms with Crippen LogP contribution in [0.5, 0.6) is 0 Å². The maximum atomic E-state index is 12.8. The Bertz CT molecular complexity index is 271. The SMILES string of the molecule is NCc1ccc(C(F)(F)CO)cc1. The van der Waals surface area contributed by atoms with Gasteiger partial charge < -0.3 is 10.8 Å². The highest BCUT2D eigenvalue weighted by atomic mass is 19.3. The molecule has 0 aliphatic heterocycles. The monoisotopic (exact) mass is 187 g/mol. The Hall–Kier alpha value is -1.00. The van der Waals surface area contributed by atoms with Crippen molar-refractivity contribution < 1.29 is 13.9 Å². The first-order valence-corrected chi connectivity index (χ1v) is 3.88. The van der Waals surface area contributed by atoms with Crippen LogP contribution in [-0.2, 0) is 12.5 Å². The third-order valence-corrected chi connectivity index (χ3v) is 1.81. The van der Waals surface area contributed by atoms with Crippen LogP contribution in [0.3, 0.4) is 0 Å². The van der Waals surface area contributed by atoms with Crippen LogP contribution < -0.4 is 5.73 Å². The van der Waals surface area contributed by atoms with E-state index in [4.69, 9.17) is 10.8 Å². The van der Waals surface area contributed by atoms with Crippen molar-refractivity contribution >= 4 is 0 Å². The smallest absolute Gasteiger partial charge is 0.295 e. The summed E-state index contributed by atoms with van der Waals surface area (Å²) in [5.74, 6) is -3.16. The second kappa shape index (κ2) is 3.81. The van der Waals surface area contributed by atoms with Crippen molar-refractivity contribution in [2.45, 2.75) is 12.5 Å². The van der Waals surface area contributed by atoms with Crippen molar-refractivity contribution in [1.82, 2.24) is 0 Å². The van der Waals surface area contributed by atoms with Crippen molar-refractivity contribution in [2.75, 3.05) is 6.61 Å². The van der Waals surface area contributed by atoms with Crippen molar-refractivity contribution in [3.05, 3.63) is 35.4 Å². The molecule has 1 aromatic carbocycles. The van der Waals surface area contributed by atoms with E-state index in [9.17, 15) is 8.78 Å². The van der Waals surface area contributed by atoms with Gasteiger partial charge in [0.05, 0.1) is 0 Å². The molecule has 0 spiro atoms. The van der Waals surface area contributed by atoms with Crippen LogP contribution in [0.1, 0.15) is 11.1 Å². The number of aliphatic hydroxyl groups excluding tert-OH is 1. The fourth-order valence-corrected chi connectivity index (χ4v) is 0.976. The minimum atomic E-state index is -3.16. The summed E-state index contributed by atoms with van der Waals surface area (Å²) in [5, 5.41) is 8.40. The third-order valence-electron chi connectivity index (χ3n) is 1.81. The quantitative estimate of drug-likeness (QED) is 0.747. The zero-order chi connectivity index (χ0) is 9.90. The second-order valence-corrected chi connectivity index (χ2v) is 2.76. The molecular weight excluding hydrogens is 176 g/mol. The maximum absolute atomic E-state index is 12.8. The number of aliphatic hydroxyl groups is 1. The first kappa shape index (κ1) is 10.1. The molecule has 0 atom stereocenters. The molecule has 0 amide bonds. The van der Waals surface area contributed by atoms with Crippen LogP contribution in [-0.4, -0.2) is 11.7 Å². The van der Waals surface area contributed by atoms with Crippen LogP contribution in [0.15, 0.2) is 24.3 Å². The molecule has 0 aromatic heterocycles. The lowest BCUT2D eigenvalue weighted by Crippen LogP contribution is -2.18. The van der Waals surface area contributed by atoms with Gasteiger partial charge in [-0.3, -0.25) is 0 Å². The van der Waals surface area contributed by atoms with Crippen LogP contribution in [0.25, 0.3) is 0 Å². The molecule has 13 heavy (non-hydrogen) atoms. The normalized spacial score (nSPS) is 11.7. The van der Waals surface area contributed by atoms with Gasteiger partial charge in [-0.2, -0.15) is 8.78 Å². The standard InChI is InChI=1S/C9H11F2NO/c10-9(11,6-13)8-3-1-7(5-12)2-4-8/h1-4,13H,5-6,12H2. The Morgan fingerprint density at radius 1 is 1.23 bits per heavy atom. The summed E-state index contributed by atoms with van der Waals surface area (Å²) >= 11 is 0. The predicted molar refractivity (Wildman–Crippen MR) is 45.3 cm³/mol. The highest BCUT2D eigenvalue weighted by Crippen LogP contribution is 2.26. The van der Waals surface area contributed by atoms with Crippen molar-refractivity contribution in [3.8, 4) is 0 Å². The second-order valence-electron chi connectivity index (χ2n) is 2.76. The van der Waals surface area contributed by atoms with Gasteiger partial charge in [-0.1, -0.05) is 24.3 Å². The minimum Gasteiger partial charge on any atom is -0.390 e. The molecule has 1 rings (SSSR count). The van der Waals surface area contributed by atoms with E-state index in [1.165, 1.54) is 24.3 Å². The molecule has 0 heterocycles.